The van der Waals surface area contributed by atoms with Crippen molar-refractivity contribution in [1.82, 2.24) is 3.13 Å². The second kappa shape index (κ2) is 4.00. The van der Waals surface area contributed by atoms with E-state index in [-0.39, 0.29) is 0 Å². The molecule has 0 bridgehead atoms. The molecule has 0 fully saturated rings. The zero-order valence-corrected chi connectivity index (χ0v) is 9.66. The molecule has 0 saturated carbocycles. The van der Waals surface area contributed by atoms with Crippen LogP contribution in [-0.4, -0.2) is 26.1 Å². The van der Waals surface area contributed by atoms with Gasteiger partial charge >= 0.3 is 71.6 Å². The molecular formula is C7H8NTl. The van der Waals surface area contributed by atoms with Gasteiger partial charge in [0.15, 0.2) is 0 Å². The molecule has 0 saturated heterocycles. The quantitative estimate of drug-likeness (QED) is 0.799. The molecule has 0 aromatic heterocycles. The van der Waals surface area contributed by atoms with Crippen molar-refractivity contribution in [3.8, 4) is 0 Å². The molecule has 1 aromatic carbocycles. The standard InChI is InChI=1S/C7H8N.Tl/c8-6-7-4-2-1-3-5-7;/h1-5,8H,6H2;/q-1;+1. The summed E-state index contributed by atoms with van der Waals surface area (Å²) in [5, 5.41) is 0. The fourth-order valence-electron chi connectivity index (χ4n) is 0.714. The van der Waals surface area contributed by atoms with Crippen LogP contribution in [0.5, 0.6) is 0 Å². The molecule has 9 heavy (non-hydrogen) atoms. The van der Waals surface area contributed by atoms with Crippen LogP contribution in [0.4, 0.5) is 0 Å². The Morgan fingerprint density at radius 2 is 1.89 bits per heavy atom. The predicted molar refractivity (Wildman–Crippen MR) is 39.0 cm³/mol. The first-order chi connectivity index (χ1) is 4.43. The molecule has 1 rings (SSSR count). The molecule has 44 valence electrons. The Bertz CT molecular complexity index is 162. The SMILES string of the molecule is [Tl][NH]Cc1ccccc1. The van der Waals surface area contributed by atoms with Gasteiger partial charge in [0, 0.05) is 0 Å². The van der Waals surface area contributed by atoms with E-state index in [4.69, 9.17) is 0 Å². The van der Waals surface area contributed by atoms with Gasteiger partial charge in [0.2, 0.25) is 0 Å². The molecule has 1 nitrogen and oxygen atoms in total. The number of hydrogen-bond acceptors (Lipinski definition) is 1. The van der Waals surface area contributed by atoms with Gasteiger partial charge in [-0.1, -0.05) is 0 Å². The molecule has 0 amide bonds. The number of rotatable bonds is 2. The van der Waals surface area contributed by atoms with Gasteiger partial charge in [0.05, 0.1) is 0 Å². The molecular weight excluding hydrogens is 302 g/mol. The molecule has 0 heterocycles. The molecule has 0 spiro atoms. The Hall–Kier alpha value is 0.102. The summed E-state index contributed by atoms with van der Waals surface area (Å²) in [5.74, 6) is 0. The van der Waals surface area contributed by atoms with Crippen molar-refractivity contribution in [2.24, 2.45) is 0 Å². The topological polar surface area (TPSA) is 12.0 Å². The molecule has 0 aliphatic rings. The van der Waals surface area contributed by atoms with E-state index >= 15 is 0 Å². The molecule has 0 radical (unpaired) electrons. The summed E-state index contributed by atoms with van der Waals surface area (Å²) in [6.45, 7) is 1.03. The normalized spacial score (nSPS) is 9.22. The van der Waals surface area contributed by atoms with Crippen molar-refractivity contribution in [3.63, 3.8) is 0 Å². The first-order valence-corrected chi connectivity index (χ1v) is 5.15. The van der Waals surface area contributed by atoms with Gasteiger partial charge in [-0.25, -0.2) is 0 Å². The summed E-state index contributed by atoms with van der Waals surface area (Å²) < 4.78 is 3.25. The van der Waals surface area contributed by atoms with E-state index in [2.05, 4.69) is 27.4 Å². The average Bonchev–Trinajstić information content (AvgIpc) is 1.91. The van der Waals surface area contributed by atoms with E-state index in [1.165, 1.54) is 5.56 Å². The van der Waals surface area contributed by atoms with Crippen LogP contribution in [0.15, 0.2) is 30.3 Å². The summed E-state index contributed by atoms with van der Waals surface area (Å²) >= 11 is 0.898. The minimum absolute atomic E-state index is 0.898. The Labute approximate surface area is 71.6 Å². The predicted octanol–water partition coefficient (Wildman–Crippen LogP) is 0.860. The van der Waals surface area contributed by atoms with Crippen molar-refractivity contribution in [3.05, 3.63) is 35.9 Å². The fraction of sp³-hybridized carbons (Fsp3) is 0.143. The zero-order chi connectivity index (χ0) is 6.53. The second-order valence-corrected chi connectivity index (χ2v) is 3.45. The molecule has 0 aliphatic carbocycles. The van der Waals surface area contributed by atoms with E-state index in [0.717, 1.165) is 32.6 Å². The number of nitrogens with one attached hydrogen (secondary N) is 1. The third kappa shape index (κ3) is 2.45. The Morgan fingerprint density at radius 3 is 2.44 bits per heavy atom. The van der Waals surface area contributed by atoms with E-state index in [1.807, 2.05) is 6.07 Å². The zero-order valence-electron chi connectivity index (χ0n) is 5.17. The monoisotopic (exact) mass is 311 g/mol. The van der Waals surface area contributed by atoms with Crippen molar-refractivity contribution in [1.29, 1.82) is 0 Å². The van der Waals surface area contributed by atoms with Gasteiger partial charge < -0.3 is 0 Å². The molecule has 1 N–H and O–H groups in total. The van der Waals surface area contributed by atoms with Crippen LogP contribution >= 0.6 is 0 Å². The minimum atomic E-state index is 0.898. The van der Waals surface area contributed by atoms with Crippen molar-refractivity contribution in [2.75, 3.05) is 0 Å². The van der Waals surface area contributed by atoms with Gasteiger partial charge in [-0.05, 0) is 0 Å². The molecule has 2 heteroatoms. The van der Waals surface area contributed by atoms with Crippen LogP contribution < -0.4 is 3.13 Å². The summed E-state index contributed by atoms with van der Waals surface area (Å²) in [5.41, 5.74) is 1.38. The Morgan fingerprint density at radius 1 is 1.22 bits per heavy atom. The van der Waals surface area contributed by atoms with E-state index < -0.39 is 0 Å². The van der Waals surface area contributed by atoms with Crippen molar-refractivity contribution in [2.45, 2.75) is 6.54 Å². The average molecular weight is 311 g/mol. The Balaban J connectivity index is 2.61. The van der Waals surface area contributed by atoms with Crippen LogP contribution in [0, 0.1) is 0 Å². The molecule has 0 unspecified atom stereocenters. The summed E-state index contributed by atoms with van der Waals surface area (Å²) in [7, 11) is 0. The summed E-state index contributed by atoms with van der Waals surface area (Å²) in [6.07, 6.45) is 0. The second-order valence-electron chi connectivity index (χ2n) is 1.87. The third-order valence-corrected chi connectivity index (χ3v) is 1.94. The van der Waals surface area contributed by atoms with Gasteiger partial charge in [0.25, 0.3) is 0 Å². The first kappa shape index (κ1) is 7.21. The third-order valence-electron chi connectivity index (χ3n) is 1.15. The molecule has 1 aromatic rings. The summed E-state index contributed by atoms with van der Waals surface area (Å²) in [4.78, 5) is 0. The first-order valence-electron chi connectivity index (χ1n) is 2.91. The van der Waals surface area contributed by atoms with Crippen LogP contribution in [0.3, 0.4) is 0 Å². The van der Waals surface area contributed by atoms with E-state index in [0.29, 0.717) is 0 Å². The van der Waals surface area contributed by atoms with Gasteiger partial charge in [0.1, 0.15) is 0 Å². The molecule has 0 atom stereocenters. The van der Waals surface area contributed by atoms with E-state index in [9.17, 15) is 0 Å². The van der Waals surface area contributed by atoms with Crippen molar-refractivity contribution < 1.29 is 0 Å². The number of benzene rings is 1. The maximum atomic E-state index is 3.25. The number of hydrogen-bond donors (Lipinski definition) is 1. The summed E-state index contributed by atoms with van der Waals surface area (Å²) in [6, 6.07) is 10.4. The maximum absolute atomic E-state index is 3.25. The Kier molecular flexibility index (Phi) is 3.21. The van der Waals surface area contributed by atoms with Crippen LogP contribution in [0.25, 0.3) is 0 Å². The van der Waals surface area contributed by atoms with Crippen LogP contribution in [-0.2, 0) is 6.54 Å². The molecule has 0 aliphatic heterocycles. The van der Waals surface area contributed by atoms with Gasteiger partial charge in [-0.3, -0.25) is 0 Å². The van der Waals surface area contributed by atoms with E-state index in [1.54, 1.807) is 0 Å². The van der Waals surface area contributed by atoms with Crippen LogP contribution in [0.2, 0.25) is 0 Å². The van der Waals surface area contributed by atoms with Crippen molar-refractivity contribution >= 4 is 26.1 Å². The van der Waals surface area contributed by atoms with Gasteiger partial charge in [-0.15, -0.1) is 0 Å². The van der Waals surface area contributed by atoms with Crippen LogP contribution in [0.1, 0.15) is 5.56 Å². The fourth-order valence-corrected chi connectivity index (χ4v) is 1.63. The van der Waals surface area contributed by atoms with Gasteiger partial charge in [-0.2, -0.15) is 0 Å².